The zero-order chi connectivity index (χ0) is 16.1. The molecule has 0 aliphatic carbocycles. The zero-order valence-corrected chi connectivity index (χ0v) is 11.9. The van der Waals surface area contributed by atoms with Crippen LogP contribution in [0.2, 0.25) is 0 Å². The topological polar surface area (TPSA) is 84.3 Å². The Bertz CT molecular complexity index is 734. The summed E-state index contributed by atoms with van der Waals surface area (Å²) < 4.78 is 13.0. The highest BCUT2D eigenvalue weighted by Gasteiger charge is 2.09. The van der Waals surface area contributed by atoms with Gasteiger partial charge in [0.25, 0.3) is 11.6 Å². The number of nitro benzene ring substituents is 1. The maximum absolute atomic E-state index is 13.0. The minimum Gasteiger partial charge on any atom is -0.332 e. The third-order valence-corrected chi connectivity index (χ3v) is 2.85. The van der Waals surface area contributed by atoms with Crippen LogP contribution in [-0.4, -0.2) is 15.9 Å². The second-order valence-electron chi connectivity index (χ2n) is 4.22. The second-order valence-corrected chi connectivity index (χ2v) is 4.63. The van der Waals surface area contributed by atoms with Gasteiger partial charge >= 0.3 is 0 Å². The average Bonchev–Trinajstić information content (AvgIpc) is 2.47. The van der Waals surface area contributed by atoms with E-state index in [1.807, 2.05) is 0 Å². The van der Waals surface area contributed by atoms with Gasteiger partial charge in [-0.2, -0.15) is 0 Å². The Labute approximate surface area is 130 Å². The zero-order valence-electron chi connectivity index (χ0n) is 11.1. The van der Waals surface area contributed by atoms with E-state index in [0.29, 0.717) is 5.69 Å². The van der Waals surface area contributed by atoms with Gasteiger partial charge < -0.3 is 5.32 Å². The number of nitro groups is 1. The predicted molar refractivity (Wildman–Crippen MR) is 83.2 cm³/mol. The summed E-state index contributed by atoms with van der Waals surface area (Å²) in [7, 11) is 0. The molecule has 0 fully saturated rings. The Balaban J connectivity index is 1.98. The van der Waals surface area contributed by atoms with E-state index in [0.717, 1.165) is 6.07 Å². The molecule has 0 radical (unpaired) electrons. The Kier molecular flexibility index (Phi) is 4.74. The monoisotopic (exact) mass is 319 g/mol. The van der Waals surface area contributed by atoms with Crippen molar-refractivity contribution in [3.63, 3.8) is 0 Å². The number of amides is 1. The highest BCUT2D eigenvalue weighted by Crippen LogP contribution is 2.15. The second kappa shape index (κ2) is 6.72. The maximum Gasteiger partial charge on any atom is 0.269 e. The number of rotatable bonds is 3. The summed E-state index contributed by atoms with van der Waals surface area (Å²) >= 11 is 4.96. The standard InChI is InChI=1S/C14H10FN3O3S/c15-10-3-1-2-9(8-10)13(19)17-14(22)16-11-4-6-12(7-5-11)18(20)21/h1-8H,(H2,16,17,19,22). The van der Waals surface area contributed by atoms with Crippen molar-refractivity contribution in [1.82, 2.24) is 5.32 Å². The predicted octanol–water partition coefficient (Wildman–Crippen LogP) is 2.86. The quantitative estimate of drug-likeness (QED) is 0.516. The van der Waals surface area contributed by atoms with Crippen LogP contribution < -0.4 is 10.6 Å². The number of nitrogens with zero attached hydrogens (tertiary/aromatic N) is 1. The lowest BCUT2D eigenvalue weighted by Gasteiger charge is -2.09. The highest BCUT2D eigenvalue weighted by molar-refractivity contribution is 7.80. The SMILES string of the molecule is O=C(NC(=S)Nc1ccc([N+](=O)[O-])cc1)c1cccc(F)c1. The molecule has 0 saturated heterocycles. The highest BCUT2D eigenvalue weighted by atomic mass is 32.1. The van der Waals surface area contributed by atoms with Gasteiger partial charge in [-0.3, -0.25) is 20.2 Å². The number of non-ortho nitro benzene ring substituents is 1. The molecular formula is C14H10FN3O3S. The number of thiocarbonyl (C=S) groups is 1. The first-order valence-corrected chi connectivity index (χ1v) is 6.49. The van der Waals surface area contributed by atoms with E-state index in [9.17, 15) is 19.3 Å². The number of carbonyl (C=O) groups is 1. The lowest BCUT2D eigenvalue weighted by Crippen LogP contribution is -2.34. The van der Waals surface area contributed by atoms with E-state index < -0.39 is 16.6 Å². The van der Waals surface area contributed by atoms with Gasteiger partial charge in [0.2, 0.25) is 0 Å². The first-order valence-electron chi connectivity index (χ1n) is 6.08. The van der Waals surface area contributed by atoms with Crippen LogP contribution in [0, 0.1) is 15.9 Å². The van der Waals surface area contributed by atoms with Crippen LogP contribution >= 0.6 is 12.2 Å². The first-order chi connectivity index (χ1) is 10.5. The number of nitrogens with one attached hydrogen (secondary N) is 2. The molecule has 0 saturated carbocycles. The molecule has 0 aliphatic rings. The molecule has 0 unspecified atom stereocenters. The largest absolute Gasteiger partial charge is 0.332 e. The smallest absolute Gasteiger partial charge is 0.269 e. The van der Waals surface area contributed by atoms with Crippen LogP contribution in [0.1, 0.15) is 10.4 Å². The fourth-order valence-electron chi connectivity index (χ4n) is 1.63. The number of anilines is 1. The molecule has 0 atom stereocenters. The summed E-state index contributed by atoms with van der Waals surface area (Å²) in [6.07, 6.45) is 0. The van der Waals surface area contributed by atoms with Crippen molar-refractivity contribution in [2.75, 3.05) is 5.32 Å². The first kappa shape index (κ1) is 15.5. The third kappa shape index (κ3) is 4.06. The molecule has 2 aromatic rings. The Morgan fingerprint density at radius 1 is 1.18 bits per heavy atom. The molecule has 22 heavy (non-hydrogen) atoms. The van der Waals surface area contributed by atoms with Crippen molar-refractivity contribution in [3.8, 4) is 0 Å². The number of hydrogen-bond acceptors (Lipinski definition) is 4. The van der Waals surface area contributed by atoms with Gasteiger partial charge in [-0.05, 0) is 42.5 Å². The van der Waals surface area contributed by atoms with E-state index in [2.05, 4.69) is 10.6 Å². The molecule has 2 rings (SSSR count). The summed E-state index contributed by atoms with van der Waals surface area (Å²) in [4.78, 5) is 21.9. The maximum atomic E-state index is 13.0. The van der Waals surface area contributed by atoms with E-state index >= 15 is 0 Å². The Morgan fingerprint density at radius 2 is 1.86 bits per heavy atom. The molecule has 8 heteroatoms. The summed E-state index contributed by atoms with van der Waals surface area (Å²) in [6.45, 7) is 0. The Hall–Kier alpha value is -2.87. The summed E-state index contributed by atoms with van der Waals surface area (Å²) in [5, 5.41) is 15.6. The van der Waals surface area contributed by atoms with Crippen LogP contribution in [0.5, 0.6) is 0 Å². The summed E-state index contributed by atoms with van der Waals surface area (Å²) in [5.41, 5.74) is 0.559. The molecule has 6 nitrogen and oxygen atoms in total. The van der Waals surface area contributed by atoms with Gasteiger partial charge in [-0.25, -0.2) is 4.39 Å². The molecule has 0 aliphatic heterocycles. The van der Waals surface area contributed by atoms with Crippen LogP contribution in [0.25, 0.3) is 0 Å². The number of halogens is 1. The molecule has 0 spiro atoms. The fraction of sp³-hybridized carbons (Fsp3) is 0. The van der Waals surface area contributed by atoms with Crippen LogP contribution in [-0.2, 0) is 0 Å². The van der Waals surface area contributed by atoms with E-state index in [1.165, 1.54) is 42.5 Å². The number of hydrogen-bond donors (Lipinski definition) is 2. The van der Waals surface area contributed by atoms with Crippen LogP contribution in [0.4, 0.5) is 15.8 Å². The van der Waals surface area contributed by atoms with Crippen molar-refractivity contribution in [2.24, 2.45) is 0 Å². The molecular weight excluding hydrogens is 309 g/mol. The van der Waals surface area contributed by atoms with Crippen LogP contribution in [0.15, 0.2) is 48.5 Å². The van der Waals surface area contributed by atoms with E-state index in [-0.39, 0.29) is 16.4 Å². The van der Waals surface area contributed by atoms with Gasteiger partial charge in [-0.1, -0.05) is 6.07 Å². The van der Waals surface area contributed by atoms with E-state index in [4.69, 9.17) is 12.2 Å². The Morgan fingerprint density at radius 3 is 2.45 bits per heavy atom. The minimum absolute atomic E-state index is 0.00288. The van der Waals surface area contributed by atoms with Gasteiger partial charge in [0, 0.05) is 23.4 Å². The van der Waals surface area contributed by atoms with Crippen molar-refractivity contribution in [1.29, 1.82) is 0 Å². The van der Waals surface area contributed by atoms with Crippen molar-refractivity contribution in [3.05, 3.63) is 70.0 Å². The van der Waals surface area contributed by atoms with Crippen LogP contribution in [0.3, 0.4) is 0 Å². The average molecular weight is 319 g/mol. The molecule has 0 heterocycles. The summed E-state index contributed by atoms with van der Waals surface area (Å²) in [6, 6.07) is 10.7. The molecule has 0 bridgehead atoms. The van der Waals surface area contributed by atoms with Gasteiger partial charge in [0.15, 0.2) is 5.11 Å². The number of benzene rings is 2. The molecule has 2 aromatic carbocycles. The van der Waals surface area contributed by atoms with Crippen molar-refractivity contribution < 1.29 is 14.1 Å². The lowest BCUT2D eigenvalue weighted by atomic mass is 10.2. The molecule has 2 N–H and O–H groups in total. The lowest BCUT2D eigenvalue weighted by molar-refractivity contribution is -0.384. The fourth-order valence-corrected chi connectivity index (χ4v) is 1.84. The molecule has 112 valence electrons. The normalized spacial score (nSPS) is 9.86. The summed E-state index contributed by atoms with van der Waals surface area (Å²) in [5.74, 6) is -1.08. The minimum atomic E-state index is -0.557. The van der Waals surface area contributed by atoms with Gasteiger partial charge in [-0.15, -0.1) is 0 Å². The molecule has 1 amide bonds. The third-order valence-electron chi connectivity index (χ3n) is 2.65. The van der Waals surface area contributed by atoms with E-state index in [1.54, 1.807) is 0 Å². The molecule has 0 aromatic heterocycles. The van der Waals surface area contributed by atoms with Crippen molar-refractivity contribution in [2.45, 2.75) is 0 Å². The van der Waals surface area contributed by atoms with Gasteiger partial charge in [0.1, 0.15) is 5.82 Å². The van der Waals surface area contributed by atoms with Crippen molar-refractivity contribution >= 4 is 34.6 Å². The van der Waals surface area contributed by atoms with Gasteiger partial charge in [0.05, 0.1) is 4.92 Å². The number of carbonyl (C=O) groups excluding carboxylic acids is 1.